The Balaban J connectivity index is 1.64. The lowest BCUT2D eigenvalue weighted by atomic mass is 10.1. The van der Waals surface area contributed by atoms with Crippen LogP contribution >= 0.6 is 11.6 Å². The SMILES string of the molecule is CCCCc1nc(Cl)c(CN2CCN3C(=O)CNC(=O)C3C2)[nH]1. The number of aryl methyl sites for hydroxylation is 1. The van der Waals surface area contributed by atoms with Gasteiger partial charge in [-0.2, -0.15) is 0 Å². The maximum absolute atomic E-state index is 12.0. The number of aromatic nitrogens is 2. The molecule has 0 aromatic carbocycles. The molecule has 2 fully saturated rings. The average molecular weight is 340 g/mol. The number of imidazole rings is 1. The second-order valence-electron chi connectivity index (χ2n) is 6.11. The molecule has 0 radical (unpaired) electrons. The van der Waals surface area contributed by atoms with Gasteiger partial charge in [0.15, 0.2) is 5.15 Å². The van der Waals surface area contributed by atoms with Gasteiger partial charge >= 0.3 is 0 Å². The lowest BCUT2D eigenvalue weighted by Crippen LogP contribution is -2.65. The third kappa shape index (κ3) is 3.50. The first kappa shape index (κ1) is 16.3. The van der Waals surface area contributed by atoms with Crippen LogP contribution in [0, 0.1) is 0 Å². The summed E-state index contributed by atoms with van der Waals surface area (Å²) in [5.41, 5.74) is 0.883. The summed E-state index contributed by atoms with van der Waals surface area (Å²) in [7, 11) is 0. The normalized spacial score (nSPS) is 22.2. The molecule has 8 heteroatoms. The second kappa shape index (κ2) is 6.88. The van der Waals surface area contributed by atoms with Crippen molar-refractivity contribution in [1.29, 1.82) is 0 Å². The third-order valence-corrected chi connectivity index (χ3v) is 4.74. The van der Waals surface area contributed by atoms with Crippen LogP contribution in [-0.2, 0) is 22.6 Å². The van der Waals surface area contributed by atoms with Crippen molar-refractivity contribution in [1.82, 2.24) is 25.1 Å². The molecule has 2 aliphatic rings. The molecule has 1 aromatic rings. The first-order valence-corrected chi connectivity index (χ1v) is 8.49. The van der Waals surface area contributed by atoms with Crippen LogP contribution in [0.15, 0.2) is 0 Å². The lowest BCUT2D eigenvalue weighted by molar-refractivity contribution is -0.149. The van der Waals surface area contributed by atoms with E-state index in [0.29, 0.717) is 24.8 Å². The fraction of sp³-hybridized carbons (Fsp3) is 0.667. The number of carbonyl (C=O) groups excluding carboxylic acids is 2. The number of aromatic amines is 1. The zero-order chi connectivity index (χ0) is 16.4. The molecule has 1 unspecified atom stereocenters. The summed E-state index contributed by atoms with van der Waals surface area (Å²) >= 11 is 6.22. The van der Waals surface area contributed by atoms with E-state index in [0.717, 1.165) is 37.3 Å². The van der Waals surface area contributed by atoms with Crippen molar-refractivity contribution < 1.29 is 9.59 Å². The van der Waals surface area contributed by atoms with E-state index >= 15 is 0 Å². The molecular weight excluding hydrogens is 318 g/mol. The Labute approximate surface area is 140 Å². The molecule has 3 heterocycles. The van der Waals surface area contributed by atoms with E-state index in [4.69, 9.17) is 11.6 Å². The van der Waals surface area contributed by atoms with E-state index in [-0.39, 0.29) is 18.4 Å². The summed E-state index contributed by atoms with van der Waals surface area (Å²) in [6.07, 6.45) is 3.08. The number of nitrogens with zero attached hydrogens (tertiary/aromatic N) is 3. The first-order chi connectivity index (χ1) is 11.1. The third-order valence-electron chi connectivity index (χ3n) is 4.43. The van der Waals surface area contributed by atoms with Crippen LogP contribution in [0.1, 0.15) is 31.3 Å². The van der Waals surface area contributed by atoms with Gasteiger partial charge in [-0.1, -0.05) is 24.9 Å². The quantitative estimate of drug-likeness (QED) is 0.821. The molecule has 23 heavy (non-hydrogen) atoms. The zero-order valence-electron chi connectivity index (χ0n) is 13.3. The Morgan fingerprint density at radius 2 is 2.17 bits per heavy atom. The number of halogens is 1. The Morgan fingerprint density at radius 1 is 1.35 bits per heavy atom. The van der Waals surface area contributed by atoms with Crippen molar-refractivity contribution in [3.8, 4) is 0 Å². The molecular formula is C15H22ClN5O2. The van der Waals surface area contributed by atoms with Crippen LogP contribution < -0.4 is 5.32 Å². The topological polar surface area (TPSA) is 81.3 Å². The maximum Gasteiger partial charge on any atom is 0.244 e. The first-order valence-electron chi connectivity index (χ1n) is 8.11. The molecule has 1 atom stereocenters. The molecule has 3 rings (SSSR count). The van der Waals surface area contributed by atoms with Gasteiger partial charge in [-0.05, 0) is 6.42 Å². The Hall–Kier alpha value is -1.60. The molecule has 7 nitrogen and oxygen atoms in total. The number of H-pyrrole nitrogens is 1. The van der Waals surface area contributed by atoms with Crippen LogP contribution in [0.4, 0.5) is 0 Å². The summed E-state index contributed by atoms with van der Waals surface area (Å²) in [5.74, 6) is 0.834. The molecule has 2 aliphatic heterocycles. The van der Waals surface area contributed by atoms with E-state index in [9.17, 15) is 9.59 Å². The van der Waals surface area contributed by atoms with E-state index in [2.05, 4.69) is 27.1 Å². The predicted molar refractivity (Wildman–Crippen MR) is 86.0 cm³/mol. The number of hydrogen-bond donors (Lipinski definition) is 2. The van der Waals surface area contributed by atoms with Crippen LogP contribution in [0.5, 0.6) is 0 Å². The number of rotatable bonds is 5. The Morgan fingerprint density at radius 3 is 2.96 bits per heavy atom. The van der Waals surface area contributed by atoms with Gasteiger partial charge in [-0.15, -0.1) is 0 Å². The van der Waals surface area contributed by atoms with Crippen LogP contribution in [-0.4, -0.2) is 63.8 Å². The van der Waals surface area contributed by atoms with Gasteiger partial charge in [-0.25, -0.2) is 4.98 Å². The number of piperazine rings is 2. The lowest BCUT2D eigenvalue weighted by Gasteiger charge is -2.42. The second-order valence-corrected chi connectivity index (χ2v) is 6.47. The van der Waals surface area contributed by atoms with Gasteiger partial charge in [0, 0.05) is 32.6 Å². The average Bonchev–Trinajstić information content (AvgIpc) is 2.89. The van der Waals surface area contributed by atoms with Gasteiger partial charge in [0.2, 0.25) is 11.8 Å². The number of carbonyl (C=O) groups is 2. The molecule has 126 valence electrons. The van der Waals surface area contributed by atoms with Crippen molar-refractivity contribution in [2.45, 2.75) is 38.8 Å². The number of hydrogen-bond acceptors (Lipinski definition) is 4. The molecule has 0 bridgehead atoms. The van der Waals surface area contributed by atoms with Gasteiger partial charge in [0.05, 0.1) is 12.2 Å². The van der Waals surface area contributed by atoms with Gasteiger partial charge < -0.3 is 15.2 Å². The fourth-order valence-corrected chi connectivity index (χ4v) is 3.33. The number of unbranched alkanes of at least 4 members (excludes halogenated alkanes) is 1. The van der Waals surface area contributed by atoms with Crippen molar-refractivity contribution in [3.05, 3.63) is 16.7 Å². The molecule has 1 aromatic heterocycles. The Kier molecular flexibility index (Phi) is 4.87. The zero-order valence-corrected chi connectivity index (χ0v) is 14.0. The van der Waals surface area contributed by atoms with E-state index < -0.39 is 6.04 Å². The fourth-order valence-electron chi connectivity index (χ4n) is 3.12. The molecule has 2 amide bonds. The highest BCUT2D eigenvalue weighted by molar-refractivity contribution is 6.30. The van der Waals surface area contributed by atoms with Crippen molar-refractivity contribution >= 4 is 23.4 Å². The number of amides is 2. The minimum atomic E-state index is -0.397. The maximum atomic E-state index is 12.0. The Bertz CT molecular complexity index is 603. The van der Waals surface area contributed by atoms with Gasteiger partial charge in [-0.3, -0.25) is 14.5 Å². The number of fused-ring (bicyclic) bond motifs is 1. The number of nitrogens with one attached hydrogen (secondary N) is 2. The summed E-state index contributed by atoms with van der Waals surface area (Å²) in [6.45, 7) is 4.70. The largest absolute Gasteiger partial charge is 0.345 e. The smallest absolute Gasteiger partial charge is 0.244 e. The highest BCUT2D eigenvalue weighted by Crippen LogP contribution is 2.19. The van der Waals surface area contributed by atoms with Crippen LogP contribution in [0.2, 0.25) is 5.15 Å². The van der Waals surface area contributed by atoms with Gasteiger partial charge in [0.1, 0.15) is 11.9 Å². The molecule has 0 saturated carbocycles. The van der Waals surface area contributed by atoms with Crippen molar-refractivity contribution in [2.24, 2.45) is 0 Å². The van der Waals surface area contributed by atoms with E-state index in [1.807, 2.05) is 0 Å². The van der Waals surface area contributed by atoms with Crippen molar-refractivity contribution in [2.75, 3.05) is 26.2 Å². The highest BCUT2D eigenvalue weighted by atomic mass is 35.5. The van der Waals surface area contributed by atoms with Crippen LogP contribution in [0.3, 0.4) is 0 Å². The monoisotopic (exact) mass is 339 g/mol. The minimum Gasteiger partial charge on any atom is -0.345 e. The summed E-state index contributed by atoms with van der Waals surface area (Å²) in [4.78, 5) is 35.3. The molecule has 2 saturated heterocycles. The van der Waals surface area contributed by atoms with E-state index in [1.54, 1.807) is 4.90 Å². The molecule has 2 N–H and O–H groups in total. The van der Waals surface area contributed by atoms with E-state index in [1.165, 1.54) is 0 Å². The summed E-state index contributed by atoms with van der Waals surface area (Å²) in [5, 5.41) is 3.15. The minimum absolute atomic E-state index is 0.00401. The predicted octanol–water partition coefficient (Wildman–Crippen LogP) is 0.548. The molecule has 0 spiro atoms. The molecule has 0 aliphatic carbocycles. The van der Waals surface area contributed by atoms with Gasteiger partial charge in [0.25, 0.3) is 0 Å². The highest BCUT2D eigenvalue weighted by Gasteiger charge is 2.38. The summed E-state index contributed by atoms with van der Waals surface area (Å²) in [6, 6.07) is -0.397. The van der Waals surface area contributed by atoms with Crippen molar-refractivity contribution in [3.63, 3.8) is 0 Å². The van der Waals surface area contributed by atoms with Crippen LogP contribution in [0.25, 0.3) is 0 Å². The standard InChI is InChI=1S/C15H22ClN5O2/c1-2-3-4-12-18-10(14(16)19-12)8-20-5-6-21-11(9-20)15(23)17-7-13(21)22/h11H,2-9H2,1H3,(H,17,23)(H,18,19). The summed E-state index contributed by atoms with van der Waals surface area (Å²) < 4.78 is 0.